The average molecular weight is 301 g/mol. The van der Waals surface area contributed by atoms with Gasteiger partial charge in [-0.2, -0.15) is 0 Å². The van der Waals surface area contributed by atoms with Crippen molar-refractivity contribution in [3.8, 4) is 0 Å². The molecule has 0 aromatic rings. The molecular weight excluding hydrogens is 274 g/mol. The molecular formula is C15H27NO5. The van der Waals surface area contributed by atoms with E-state index < -0.39 is 29.3 Å². The van der Waals surface area contributed by atoms with Crippen LogP contribution in [0.2, 0.25) is 0 Å². The summed E-state index contributed by atoms with van der Waals surface area (Å²) in [6.07, 6.45) is -0.0352. The van der Waals surface area contributed by atoms with Crippen LogP contribution in [0.15, 0.2) is 0 Å². The molecule has 1 aliphatic rings. The Kier molecular flexibility index (Phi) is 5.25. The molecule has 1 saturated heterocycles. The molecule has 1 heterocycles. The molecule has 0 spiro atoms. The summed E-state index contributed by atoms with van der Waals surface area (Å²) in [7, 11) is 0. The van der Waals surface area contributed by atoms with Crippen molar-refractivity contribution < 1.29 is 24.2 Å². The standard InChI is InChI=1S/C15H27NO5/c1-14(2,3)20-12(18)10-7-8-16(11(10)9-17)13(19)21-15(4,5)6/h10-11,17H,7-9H2,1-6H3/t10-,11+/m0/s1. The van der Waals surface area contributed by atoms with Crippen molar-refractivity contribution in [2.45, 2.75) is 65.2 Å². The van der Waals surface area contributed by atoms with Crippen LogP contribution in [-0.2, 0) is 14.3 Å². The van der Waals surface area contributed by atoms with Gasteiger partial charge in [-0.1, -0.05) is 0 Å². The van der Waals surface area contributed by atoms with Gasteiger partial charge in [-0.25, -0.2) is 4.79 Å². The molecule has 1 rings (SSSR count). The van der Waals surface area contributed by atoms with Gasteiger partial charge in [0.2, 0.25) is 0 Å². The third-order valence-corrected chi connectivity index (χ3v) is 3.07. The Labute approximate surface area is 126 Å². The lowest BCUT2D eigenvalue weighted by Gasteiger charge is -2.30. The maximum absolute atomic E-state index is 12.2. The predicted octanol–water partition coefficient (Wildman–Crippen LogP) is 1.95. The van der Waals surface area contributed by atoms with E-state index in [-0.39, 0.29) is 12.6 Å². The van der Waals surface area contributed by atoms with E-state index in [0.717, 1.165) is 0 Å². The third kappa shape index (κ3) is 5.19. The number of likely N-dealkylation sites (tertiary alicyclic amines) is 1. The van der Waals surface area contributed by atoms with Crippen LogP contribution in [0, 0.1) is 5.92 Å². The van der Waals surface area contributed by atoms with Crippen molar-refractivity contribution in [1.82, 2.24) is 4.90 Å². The van der Waals surface area contributed by atoms with Gasteiger partial charge >= 0.3 is 12.1 Å². The molecule has 0 radical (unpaired) electrons. The van der Waals surface area contributed by atoms with Crippen LogP contribution in [0.25, 0.3) is 0 Å². The zero-order chi connectivity index (χ0) is 16.4. The number of aliphatic hydroxyl groups is 1. The van der Waals surface area contributed by atoms with Crippen LogP contribution in [0.4, 0.5) is 4.79 Å². The Hall–Kier alpha value is -1.30. The number of hydrogen-bond acceptors (Lipinski definition) is 5. The van der Waals surface area contributed by atoms with E-state index >= 15 is 0 Å². The fourth-order valence-electron chi connectivity index (χ4n) is 2.28. The molecule has 0 unspecified atom stereocenters. The van der Waals surface area contributed by atoms with Crippen LogP contribution >= 0.6 is 0 Å². The molecule has 122 valence electrons. The van der Waals surface area contributed by atoms with Gasteiger partial charge in [0.1, 0.15) is 11.2 Å². The molecule has 1 aliphatic heterocycles. The van der Waals surface area contributed by atoms with Crippen molar-refractivity contribution in [1.29, 1.82) is 0 Å². The molecule has 0 aliphatic carbocycles. The minimum Gasteiger partial charge on any atom is -0.460 e. The molecule has 6 heteroatoms. The molecule has 2 atom stereocenters. The summed E-state index contributed by atoms with van der Waals surface area (Å²) in [5, 5.41) is 9.54. The van der Waals surface area contributed by atoms with Crippen molar-refractivity contribution in [2.75, 3.05) is 13.2 Å². The lowest BCUT2D eigenvalue weighted by Crippen LogP contribution is -2.45. The van der Waals surface area contributed by atoms with Crippen LogP contribution in [-0.4, -0.2) is 52.5 Å². The Bertz CT molecular complexity index is 358. The summed E-state index contributed by atoms with van der Waals surface area (Å²) < 4.78 is 10.7. The van der Waals surface area contributed by atoms with Crippen LogP contribution in [0.1, 0.15) is 48.0 Å². The van der Waals surface area contributed by atoms with Crippen LogP contribution < -0.4 is 0 Å². The van der Waals surface area contributed by atoms with E-state index in [9.17, 15) is 14.7 Å². The number of rotatable bonds is 2. The monoisotopic (exact) mass is 301 g/mol. The second-order valence-corrected chi connectivity index (χ2v) is 7.35. The Balaban J connectivity index is 2.76. The molecule has 21 heavy (non-hydrogen) atoms. The van der Waals surface area contributed by atoms with E-state index in [0.29, 0.717) is 13.0 Å². The Morgan fingerprint density at radius 1 is 1.10 bits per heavy atom. The summed E-state index contributed by atoms with van der Waals surface area (Å²) >= 11 is 0. The van der Waals surface area contributed by atoms with E-state index in [1.54, 1.807) is 41.5 Å². The van der Waals surface area contributed by atoms with Crippen molar-refractivity contribution >= 4 is 12.1 Å². The summed E-state index contributed by atoms with van der Waals surface area (Å²) in [4.78, 5) is 25.7. The number of ether oxygens (including phenoxy) is 2. The molecule has 0 bridgehead atoms. The highest BCUT2D eigenvalue weighted by molar-refractivity contribution is 5.77. The minimum atomic E-state index is -0.610. The van der Waals surface area contributed by atoms with Gasteiger partial charge in [-0.05, 0) is 48.0 Å². The second-order valence-electron chi connectivity index (χ2n) is 7.35. The summed E-state index contributed by atoms with van der Waals surface area (Å²) in [5.74, 6) is -0.894. The van der Waals surface area contributed by atoms with E-state index in [1.165, 1.54) is 4.90 Å². The molecule has 0 aromatic carbocycles. The average Bonchev–Trinajstić information content (AvgIpc) is 2.67. The highest BCUT2D eigenvalue weighted by Gasteiger charge is 2.43. The molecule has 1 N–H and O–H groups in total. The van der Waals surface area contributed by atoms with Crippen LogP contribution in [0.5, 0.6) is 0 Å². The van der Waals surface area contributed by atoms with Crippen LogP contribution in [0.3, 0.4) is 0 Å². The number of amides is 1. The first kappa shape index (κ1) is 17.8. The van der Waals surface area contributed by atoms with Gasteiger partial charge in [-0.15, -0.1) is 0 Å². The van der Waals surface area contributed by atoms with Gasteiger partial charge in [0.05, 0.1) is 18.6 Å². The number of hydrogen-bond donors (Lipinski definition) is 1. The first-order valence-electron chi connectivity index (χ1n) is 7.28. The Morgan fingerprint density at radius 2 is 1.62 bits per heavy atom. The van der Waals surface area contributed by atoms with E-state index in [4.69, 9.17) is 9.47 Å². The lowest BCUT2D eigenvalue weighted by atomic mass is 10.0. The zero-order valence-corrected chi connectivity index (χ0v) is 13.8. The summed E-state index contributed by atoms with van der Waals surface area (Å²) in [6, 6.07) is -0.588. The van der Waals surface area contributed by atoms with E-state index in [2.05, 4.69) is 0 Å². The second kappa shape index (κ2) is 6.22. The molecule has 1 fully saturated rings. The number of aliphatic hydroxyl groups excluding tert-OH is 1. The number of carbonyl (C=O) groups excluding carboxylic acids is 2. The van der Waals surface area contributed by atoms with Gasteiger partial charge < -0.3 is 19.5 Å². The zero-order valence-electron chi connectivity index (χ0n) is 13.8. The number of carbonyl (C=O) groups is 2. The maximum atomic E-state index is 12.2. The topological polar surface area (TPSA) is 76.1 Å². The normalized spacial score (nSPS) is 23.1. The highest BCUT2D eigenvalue weighted by Crippen LogP contribution is 2.28. The fourth-order valence-corrected chi connectivity index (χ4v) is 2.28. The number of esters is 1. The lowest BCUT2D eigenvalue weighted by molar-refractivity contribution is -0.161. The van der Waals surface area contributed by atoms with Gasteiger partial charge in [0.15, 0.2) is 0 Å². The van der Waals surface area contributed by atoms with Crippen molar-refractivity contribution in [3.05, 3.63) is 0 Å². The van der Waals surface area contributed by atoms with Crippen molar-refractivity contribution in [2.24, 2.45) is 5.92 Å². The first-order chi connectivity index (χ1) is 9.44. The quantitative estimate of drug-likeness (QED) is 0.789. The van der Waals surface area contributed by atoms with Gasteiger partial charge in [0, 0.05) is 6.54 Å². The molecule has 0 aromatic heterocycles. The third-order valence-electron chi connectivity index (χ3n) is 3.07. The van der Waals surface area contributed by atoms with Gasteiger partial charge in [0.25, 0.3) is 0 Å². The SMILES string of the molecule is CC(C)(C)OC(=O)[C@H]1CCN(C(=O)OC(C)(C)C)[C@@H]1CO. The first-order valence-corrected chi connectivity index (χ1v) is 7.28. The number of nitrogens with zero attached hydrogens (tertiary/aromatic N) is 1. The summed E-state index contributed by atoms with van der Waals surface area (Å²) in [6.45, 7) is 10.8. The van der Waals surface area contributed by atoms with Gasteiger partial charge in [-0.3, -0.25) is 4.79 Å². The molecule has 6 nitrogen and oxygen atoms in total. The largest absolute Gasteiger partial charge is 0.460 e. The predicted molar refractivity (Wildman–Crippen MR) is 77.8 cm³/mol. The molecule has 0 saturated carbocycles. The van der Waals surface area contributed by atoms with E-state index in [1.807, 2.05) is 0 Å². The summed E-state index contributed by atoms with van der Waals surface area (Å²) in [5.41, 5.74) is -1.20. The minimum absolute atomic E-state index is 0.289. The fraction of sp³-hybridized carbons (Fsp3) is 0.867. The van der Waals surface area contributed by atoms with Crippen molar-refractivity contribution in [3.63, 3.8) is 0 Å². The molecule has 1 amide bonds. The Morgan fingerprint density at radius 3 is 2.05 bits per heavy atom. The smallest absolute Gasteiger partial charge is 0.410 e. The highest BCUT2D eigenvalue weighted by atomic mass is 16.6. The maximum Gasteiger partial charge on any atom is 0.410 e.